The molecule has 0 amide bonds. The Hall–Kier alpha value is -4.18. The first-order valence-corrected chi connectivity index (χ1v) is 8.68. The van der Waals surface area contributed by atoms with Crippen LogP contribution in [-0.4, -0.2) is 50.3 Å². The smallest absolute Gasteiger partial charge is 0.258 e. The first kappa shape index (κ1) is 20.6. The van der Waals surface area contributed by atoms with E-state index in [4.69, 9.17) is 24.4 Å². The van der Waals surface area contributed by atoms with Crippen molar-refractivity contribution in [3.8, 4) is 11.4 Å². The van der Waals surface area contributed by atoms with Gasteiger partial charge in [-0.15, -0.1) is 0 Å². The number of nitrogens with zero attached hydrogens (tertiary/aromatic N) is 8. The van der Waals surface area contributed by atoms with Gasteiger partial charge in [0.2, 0.25) is 9.54 Å². The highest BCUT2D eigenvalue weighted by Gasteiger charge is 2.06. The fraction of sp³-hybridized carbons (Fsp3) is 0. The van der Waals surface area contributed by atoms with Crippen LogP contribution in [0.4, 0.5) is 11.4 Å². The summed E-state index contributed by atoms with van der Waals surface area (Å²) in [7, 11) is 0. The van der Waals surface area contributed by atoms with Crippen LogP contribution in [-0.2, 0) is 0 Å². The molecule has 30 heavy (non-hydrogen) atoms. The average Bonchev–Trinajstić information content (AvgIpc) is 3.36. The molecule has 0 aliphatic carbocycles. The van der Waals surface area contributed by atoms with Crippen LogP contribution >= 0.6 is 24.4 Å². The van der Waals surface area contributed by atoms with E-state index in [2.05, 4.69) is 31.1 Å². The van der Waals surface area contributed by atoms with Gasteiger partial charge in [0.15, 0.2) is 0 Å². The summed E-state index contributed by atoms with van der Waals surface area (Å²) in [4.78, 5) is 19.9. The third kappa shape index (κ3) is 4.62. The van der Waals surface area contributed by atoms with Gasteiger partial charge in [0, 0.05) is 24.3 Å². The highest BCUT2D eigenvalue weighted by molar-refractivity contribution is 7.71. The maximum Gasteiger partial charge on any atom is 0.269 e. The number of tetrazole rings is 2. The monoisotopic (exact) mass is 446 g/mol. The van der Waals surface area contributed by atoms with Crippen molar-refractivity contribution >= 4 is 35.8 Å². The Labute approximate surface area is 176 Å². The van der Waals surface area contributed by atoms with Crippen LogP contribution in [0.15, 0.2) is 48.5 Å². The Balaban J connectivity index is 0.000000171. The molecule has 0 bridgehead atoms. The van der Waals surface area contributed by atoms with E-state index < -0.39 is 9.85 Å². The zero-order chi connectivity index (χ0) is 21.7. The Morgan fingerprint density at radius 3 is 1.27 bits per heavy atom. The summed E-state index contributed by atoms with van der Waals surface area (Å²) in [6.45, 7) is 0. The van der Waals surface area contributed by atoms with Crippen molar-refractivity contribution < 1.29 is 9.85 Å². The number of nitro groups is 2. The SMILES string of the molecule is O=[N+]([O-])c1ccc(-n2[nH]nnc2=S)cc1.O=[N+]([O-])c1ccc(-n2[nH]nnc2=S)cc1. The fourth-order valence-electron chi connectivity index (χ4n) is 2.18. The number of H-pyrrole nitrogens is 2. The molecule has 2 aromatic heterocycles. The summed E-state index contributed by atoms with van der Waals surface area (Å²) in [6.07, 6.45) is 0. The molecule has 2 N–H and O–H groups in total. The topological polar surface area (TPSA) is 179 Å². The molecular weight excluding hydrogens is 436 g/mol. The number of hydrogen-bond acceptors (Lipinski definition) is 10. The number of aromatic amines is 2. The van der Waals surface area contributed by atoms with Gasteiger partial charge in [-0.3, -0.25) is 20.2 Å². The molecule has 2 aromatic carbocycles. The summed E-state index contributed by atoms with van der Waals surface area (Å²) in [6, 6.07) is 11.8. The zero-order valence-electron chi connectivity index (χ0n) is 14.6. The third-order valence-corrected chi connectivity index (χ3v) is 4.11. The van der Waals surface area contributed by atoms with E-state index >= 15 is 0 Å². The van der Waals surface area contributed by atoms with Crippen LogP contribution in [0.3, 0.4) is 0 Å². The van der Waals surface area contributed by atoms with Gasteiger partial charge in [0.25, 0.3) is 11.4 Å². The minimum Gasteiger partial charge on any atom is -0.258 e. The predicted octanol–water partition coefficient (Wildman–Crippen LogP) is 2.47. The summed E-state index contributed by atoms with van der Waals surface area (Å²) in [5.41, 5.74) is 1.35. The maximum absolute atomic E-state index is 10.4. The van der Waals surface area contributed by atoms with Gasteiger partial charge in [-0.25, -0.2) is 9.36 Å². The molecule has 0 aliphatic heterocycles. The second-order valence-corrected chi connectivity index (χ2v) is 6.11. The van der Waals surface area contributed by atoms with Crippen molar-refractivity contribution in [2.45, 2.75) is 0 Å². The average molecular weight is 446 g/mol. The number of hydrogen-bond donors (Lipinski definition) is 2. The largest absolute Gasteiger partial charge is 0.269 e. The zero-order valence-corrected chi connectivity index (χ0v) is 16.3. The molecule has 0 saturated carbocycles. The molecule has 0 spiro atoms. The molecular formula is C14H10N10O4S2. The molecule has 0 atom stereocenters. The van der Waals surface area contributed by atoms with E-state index in [-0.39, 0.29) is 20.9 Å². The summed E-state index contributed by atoms with van der Waals surface area (Å²) in [5, 5.41) is 40.1. The quantitative estimate of drug-likeness (QED) is 0.268. The summed E-state index contributed by atoms with van der Waals surface area (Å²) < 4.78 is 3.42. The lowest BCUT2D eigenvalue weighted by Gasteiger charge is -1.98. The highest BCUT2D eigenvalue weighted by Crippen LogP contribution is 2.15. The lowest BCUT2D eigenvalue weighted by Crippen LogP contribution is -1.97. The van der Waals surface area contributed by atoms with Crippen molar-refractivity contribution in [3.05, 3.63) is 78.3 Å². The van der Waals surface area contributed by atoms with Crippen LogP contribution in [0.1, 0.15) is 0 Å². The molecule has 152 valence electrons. The minimum absolute atomic E-state index is 0.0257. The van der Waals surface area contributed by atoms with Gasteiger partial charge < -0.3 is 0 Å². The Morgan fingerprint density at radius 2 is 1.03 bits per heavy atom. The molecule has 14 nitrogen and oxygen atoms in total. The number of benzene rings is 2. The van der Waals surface area contributed by atoms with E-state index in [1.807, 2.05) is 0 Å². The van der Waals surface area contributed by atoms with Crippen molar-refractivity contribution in [1.82, 2.24) is 40.4 Å². The number of non-ortho nitro benzene ring substituents is 2. The summed E-state index contributed by atoms with van der Waals surface area (Å²) >= 11 is 9.75. The Bertz CT molecular complexity index is 1190. The normalized spacial score (nSPS) is 10.1. The van der Waals surface area contributed by atoms with Gasteiger partial charge in [-0.1, -0.05) is 20.6 Å². The van der Waals surface area contributed by atoms with Gasteiger partial charge in [0.05, 0.1) is 21.2 Å². The van der Waals surface area contributed by atoms with E-state index in [1.54, 1.807) is 24.3 Å². The second kappa shape index (κ2) is 8.88. The lowest BCUT2D eigenvalue weighted by atomic mass is 10.3. The van der Waals surface area contributed by atoms with E-state index in [9.17, 15) is 20.2 Å². The van der Waals surface area contributed by atoms with Gasteiger partial charge in [-0.05, 0) is 48.7 Å². The number of nitro benzene ring substituents is 2. The molecule has 0 unspecified atom stereocenters. The standard InChI is InChI=1S/2C7H5N5O2S/c2*13-12(14)6-3-1-5(2-4-6)11-7(15)8-9-10-11/h2*1-4H,(H,8,10,15). The molecule has 2 heterocycles. The van der Waals surface area contributed by atoms with Crippen LogP contribution in [0.5, 0.6) is 0 Å². The first-order chi connectivity index (χ1) is 14.4. The molecule has 4 rings (SSSR count). The first-order valence-electron chi connectivity index (χ1n) is 7.86. The highest BCUT2D eigenvalue weighted by atomic mass is 32.1. The molecule has 0 fully saturated rings. The fourth-order valence-corrected chi connectivity index (χ4v) is 2.55. The van der Waals surface area contributed by atoms with Gasteiger partial charge in [0.1, 0.15) is 0 Å². The lowest BCUT2D eigenvalue weighted by molar-refractivity contribution is -0.385. The van der Waals surface area contributed by atoms with Crippen LogP contribution in [0.25, 0.3) is 11.4 Å². The van der Waals surface area contributed by atoms with Crippen LogP contribution in [0, 0.1) is 29.8 Å². The van der Waals surface area contributed by atoms with Crippen molar-refractivity contribution in [3.63, 3.8) is 0 Å². The predicted molar refractivity (Wildman–Crippen MR) is 106 cm³/mol. The van der Waals surface area contributed by atoms with E-state index in [0.29, 0.717) is 11.4 Å². The Morgan fingerprint density at radius 1 is 0.700 bits per heavy atom. The van der Waals surface area contributed by atoms with Gasteiger partial charge in [-0.2, -0.15) is 10.4 Å². The van der Waals surface area contributed by atoms with Crippen molar-refractivity contribution in [2.75, 3.05) is 0 Å². The number of rotatable bonds is 4. The maximum atomic E-state index is 10.4. The molecule has 0 radical (unpaired) electrons. The van der Waals surface area contributed by atoms with E-state index in [1.165, 1.54) is 33.6 Å². The number of aromatic nitrogens is 8. The molecule has 0 aliphatic rings. The van der Waals surface area contributed by atoms with E-state index in [0.717, 1.165) is 0 Å². The van der Waals surface area contributed by atoms with Crippen molar-refractivity contribution in [1.29, 1.82) is 0 Å². The third-order valence-electron chi connectivity index (χ3n) is 3.58. The minimum atomic E-state index is -0.464. The molecule has 0 saturated heterocycles. The summed E-state index contributed by atoms with van der Waals surface area (Å²) in [5.74, 6) is 0. The van der Waals surface area contributed by atoms with Crippen LogP contribution < -0.4 is 0 Å². The van der Waals surface area contributed by atoms with Crippen LogP contribution in [0.2, 0.25) is 0 Å². The van der Waals surface area contributed by atoms with Crippen molar-refractivity contribution in [2.24, 2.45) is 0 Å². The second-order valence-electron chi connectivity index (χ2n) is 5.38. The number of nitrogens with one attached hydrogen (secondary N) is 2. The van der Waals surface area contributed by atoms with Gasteiger partial charge >= 0.3 is 0 Å². The Kier molecular flexibility index (Phi) is 6.08. The molecule has 4 aromatic rings. The molecule has 16 heteroatoms.